The number of halogens is 7. The molecule has 0 unspecified atom stereocenters. The highest BCUT2D eigenvalue weighted by Crippen LogP contribution is 2.40. The second-order valence-corrected chi connectivity index (χ2v) is 4.78. The van der Waals surface area contributed by atoms with E-state index in [1.54, 1.807) is 0 Å². The van der Waals surface area contributed by atoms with Crippen molar-refractivity contribution in [3.8, 4) is 0 Å². The molecule has 0 aliphatic rings. The van der Waals surface area contributed by atoms with Gasteiger partial charge in [0.15, 0.2) is 21.2 Å². The topological polar surface area (TPSA) is 54.4 Å². The Morgan fingerprint density at radius 2 is 1.58 bits per heavy atom. The zero-order chi connectivity index (χ0) is 15.0. The molecular formula is C9H3F6IO3. The van der Waals surface area contributed by atoms with Gasteiger partial charge in [0.05, 0.1) is 20.3 Å². The van der Waals surface area contributed by atoms with Crippen LogP contribution in [0, 0.1) is 3.57 Å². The number of hydrogen-bond donors (Lipinski definition) is 1. The molecule has 0 amide bonds. The number of carboxylic acid groups (broad SMARTS) is 1. The summed E-state index contributed by atoms with van der Waals surface area (Å²) in [5, 5.41) is 8.62. The number of hydrogen-bond acceptors (Lipinski definition) is 2. The first-order chi connectivity index (χ1) is 8.48. The van der Waals surface area contributed by atoms with Gasteiger partial charge < -0.3 is 5.11 Å². The summed E-state index contributed by atoms with van der Waals surface area (Å²) in [5.41, 5.74) is -4.83. The number of carboxylic acids is 1. The van der Waals surface area contributed by atoms with E-state index in [2.05, 4.69) is 0 Å². The lowest BCUT2D eigenvalue weighted by atomic mass is 10.0. The molecule has 0 aliphatic carbocycles. The van der Waals surface area contributed by atoms with E-state index < -0.39 is 59.8 Å². The summed E-state index contributed by atoms with van der Waals surface area (Å²) in [6.45, 7) is 0. The molecule has 1 N–H and O–H groups in total. The van der Waals surface area contributed by atoms with E-state index >= 15 is 0 Å². The van der Waals surface area contributed by atoms with Crippen LogP contribution in [0.25, 0.3) is 0 Å². The van der Waals surface area contributed by atoms with Crippen LogP contribution in [-0.4, -0.2) is 11.1 Å². The van der Waals surface area contributed by atoms with Gasteiger partial charge in [-0.2, -0.15) is 26.3 Å². The fourth-order valence-electron chi connectivity index (χ4n) is 1.23. The Kier molecular flexibility index (Phi) is 4.22. The van der Waals surface area contributed by atoms with Crippen LogP contribution in [0.4, 0.5) is 26.3 Å². The lowest BCUT2D eigenvalue weighted by molar-refractivity contribution is -0.143. The molecule has 0 heterocycles. The van der Waals surface area contributed by atoms with Crippen molar-refractivity contribution < 1.29 is 39.3 Å². The van der Waals surface area contributed by atoms with Gasteiger partial charge in [-0.05, 0) is 12.1 Å². The van der Waals surface area contributed by atoms with Crippen molar-refractivity contribution in [3.63, 3.8) is 0 Å². The van der Waals surface area contributed by atoms with Gasteiger partial charge in [0, 0.05) is 0 Å². The summed E-state index contributed by atoms with van der Waals surface area (Å²) in [4.78, 5) is 10.7. The third-order valence-corrected chi connectivity index (χ3v) is 3.62. The molecular weight excluding hydrogens is 397 g/mol. The Morgan fingerprint density at radius 3 is 1.89 bits per heavy atom. The molecule has 0 fully saturated rings. The summed E-state index contributed by atoms with van der Waals surface area (Å²) in [7, 11) is 0. The third kappa shape index (κ3) is 3.42. The van der Waals surface area contributed by atoms with Crippen LogP contribution < -0.4 is 0 Å². The van der Waals surface area contributed by atoms with Gasteiger partial charge >= 0.3 is 18.3 Å². The van der Waals surface area contributed by atoms with Gasteiger partial charge in [-0.1, -0.05) is 0 Å². The van der Waals surface area contributed by atoms with Gasteiger partial charge in [0.2, 0.25) is 0 Å². The maximum atomic E-state index is 12.6. The van der Waals surface area contributed by atoms with Crippen molar-refractivity contribution in [2.24, 2.45) is 0 Å². The van der Waals surface area contributed by atoms with Crippen molar-refractivity contribution in [2.45, 2.75) is 12.4 Å². The van der Waals surface area contributed by atoms with Gasteiger partial charge in [-0.15, -0.1) is 0 Å². The minimum atomic E-state index is -5.22. The van der Waals surface area contributed by atoms with E-state index in [1.807, 2.05) is 0 Å². The lowest BCUT2D eigenvalue weighted by Crippen LogP contribution is -2.16. The first-order valence-corrected chi connectivity index (χ1v) is 6.27. The first-order valence-electron chi connectivity index (χ1n) is 4.31. The molecule has 0 aromatic heterocycles. The van der Waals surface area contributed by atoms with Crippen LogP contribution in [0.2, 0.25) is 0 Å². The number of benzene rings is 1. The van der Waals surface area contributed by atoms with Crippen molar-refractivity contribution in [1.82, 2.24) is 0 Å². The van der Waals surface area contributed by atoms with Crippen LogP contribution in [-0.2, 0) is 15.4 Å². The second kappa shape index (κ2) is 5.06. The Balaban J connectivity index is 3.75. The zero-order valence-electron chi connectivity index (χ0n) is 8.56. The second-order valence-electron chi connectivity index (χ2n) is 3.26. The monoisotopic (exact) mass is 400 g/mol. The molecule has 106 valence electrons. The number of rotatable bonds is 2. The number of aromatic carboxylic acids is 1. The standard InChI is InChI=1S/C9H3F6IO3/c10-8(11,12)3-1-4(7(17)18)6(16-19)5(2-3)9(13,14)15/h1-2H,(H,17,18). The molecule has 0 saturated heterocycles. The first kappa shape index (κ1) is 15.9. The van der Waals surface area contributed by atoms with Crippen LogP contribution in [0.15, 0.2) is 12.1 Å². The predicted molar refractivity (Wildman–Crippen MR) is 56.8 cm³/mol. The fraction of sp³-hybridized carbons (Fsp3) is 0.222. The Labute approximate surface area is 111 Å². The molecule has 0 aliphatic heterocycles. The number of alkyl halides is 6. The molecule has 1 aromatic carbocycles. The summed E-state index contributed by atoms with van der Waals surface area (Å²) in [6, 6.07) is -0.191. The van der Waals surface area contributed by atoms with Gasteiger partial charge in [-0.25, -0.2) is 4.79 Å². The summed E-state index contributed by atoms with van der Waals surface area (Å²) in [6.07, 6.45) is -10.4. The molecule has 0 saturated carbocycles. The highest BCUT2D eigenvalue weighted by atomic mass is 127. The quantitative estimate of drug-likeness (QED) is 0.605. The molecule has 19 heavy (non-hydrogen) atoms. The maximum Gasteiger partial charge on any atom is 0.417 e. The molecule has 0 bridgehead atoms. The summed E-state index contributed by atoms with van der Waals surface area (Å²) >= 11 is -2.60. The van der Waals surface area contributed by atoms with Crippen LogP contribution in [0.1, 0.15) is 21.5 Å². The zero-order valence-corrected chi connectivity index (χ0v) is 10.7. The molecule has 0 atom stereocenters. The van der Waals surface area contributed by atoms with Crippen molar-refractivity contribution >= 4 is 27.2 Å². The van der Waals surface area contributed by atoms with Gasteiger partial charge in [0.25, 0.3) is 0 Å². The van der Waals surface area contributed by atoms with Crippen molar-refractivity contribution in [3.05, 3.63) is 32.4 Å². The van der Waals surface area contributed by atoms with Crippen LogP contribution in [0.3, 0.4) is 0 Å². The molecule has 1 rings (SSSR count). The third-order valence-electron chi connectivity index (χ3n) is 2.01. The largest absolute Gasteiger partial charge is 0.478 e. The minimum Gasteiger partial charge on any atom is -0.478 e. The number of carbonyl (C=O) groups is 1. The summed E-state index contributed by atoms with van der Waals surface area (Å²) < 4.78 is 84.6. The maximum absolute atomic E-state index is 12.6. The van der Waals surface area contributed by atoms with E-state index in [0.29, 0.717) is 0 Å². The Hall–Kier alpha value is -1.20. The SMILES string of the molecule is O=Ic1c(C(=O)O)cc(C(F)(F)F)cc1C(F)(F)F. The van der Waals surface area contributed by atoms with Crippen molar-refractivity contribution in [2.75, 3.05) is 0 Å². The van der Waals surface area contributed by atoms with Crippen LogP contribution >= 0.6 is 21.2 Å². The highest BCUT2D eigenvalue weighted by Gasteiger charge is 2.40. The average Bonchev–Trinajstić information content (AvgIpc) is 2.24. The molecule has 10 heteroatoms. The molecule has 0 radical (unpaired) electrons. The lowest BCUT2D eigenvalue weighted by Gasteiger charge is -2.14. The minimum absolute atomic E-state index is 0.0462. The average molecular weight is 400 g/mol. The molecule has 3 nitrogen and oxygen atoms in total. The highest BCUT2D eigenvalue weighted by molar-refractivity contribution is 14.1. The van der Waals surface area contributed by atoms with E-state index in [1.165, 1.54) is 0 Å². The van der Waals surface area contributed by atoms with E-state index in [4.69, 9.17) is 5.11 Å². The Morgan fingerprint density at radius 1 is 1.05 bits per heavy atom. The smallest absolute Gasteiger partial charge is 0.417 e. The van der Waals surface area contributed by atoms with Gasteiger partial charge in [0.1, 0.15) is 0 Å². The van der Waals surface area contributed by atoms with Gasteiger partial charge in [-0.3, -0.25) is 3.07 Å². The normalized spacial score (nSPS) is 12.5. The Bertz CT molecular complexity index is 534. The predicted octanol–water partition coefficient (Wildman–Crippen LogP) is 3.91. The van der Waals surface area contributed by atoms with E-state index in [-0.39, 0.29) is 12.1 Å². The van der Waals surface area contributed by atoms with Crippen molar-refractivity contribution in [1.29, 1.82) is 0 Å². The summed E-state index contributed by atoms with van der Waals surface area (Å²) in [5.74, 6) is -2.00. The fourth-order valence-corrected chi connectivity index (χ4v) is 2.56. The molecule has 0 spiro atoms. The van der Waals surface area contributed by atoms with E-state index in [9.17, 15) is 34.2 Å². The molecule has 1 aromatic rings. The van der Waals surface area contributed by atoms with E-state index in [0.717, 1.165) is 0 Å². The van der Waals surface area contributed by atoms with Crippen LogP contribution in [0.5, 0.6) is 0 Å².